The van der Waals surface area contributed by atoms with Crippen molar-refractivity contribution >= 4 is 51.6 Å². The molecule has 3 amide bonds. The number of aromatic nitrogens is 1. The van der Waals surface area contributed by atoms with Gasteiger partial charge in [-0.25, -0.2) is 8.78 Å². The molecule has 1 saturated heterocycles. The highest BCUT2D eigenvalue weighted by Crippen LogP contribution is 2.48. The number of hydrogen-bond acceptors (Lipinski definition) is 8. The number of hydrogen-bond donors (Lipinski definition) is 3. The lowest BCUT2D eigenvalue weighted by molar-refractivity contribution is -0.131. The lowest BCUT2D eigenvalue weighted by atomic mass is 10.0. The van der Waals surface area contributed by atoms with Gasteiger partial charge in [0.15, 0.2) is 23.1 Å². The van der Waals surface area contributed by atoms with Crippen molar-refractivity contribution in [3.8, 4) is 23.0 Å². The normalized spacial score (nSPS) is 15.7. The van der Waals surface area contributed by atoms with E-state index in [-0.39, 0.29) is 34.2 Å². The van der Waals surface area contributed by atoms with Crippen LogP contribution in [0.5, 0.6) is 23.0 Å². The summed E-state index contributed by atoms with van der Waals surface area (Å²) in [6.07, 6.45) is 3.55. The molecular formula is C35H34ClF2N5O6. The van der Waals surface area contributed by atoms with Crippen LogP contribution in [0.4, 0.5) is 20.2 Å². The number of rotatable bonds is 11. The smallest absolute Gasteiger partial charge is 0.240 e. The van der Waals surface area contributed by atoms with E-state index < -0.39 is 28.9 Å². The fourth-order valence-corrected chi connectivity index (χ4v) is 5.83. The molecule has 256 valence electrons. The molecule has 0 spiro atoms. The van der Waals surface area contributed by atoms with Gasteiger partial charge in [-0.2, -0.15) is 0 Å². The molecule has 2 heterocycles. The van der Waals surface area contributed by atoms with Crippen molar-refractivity contribution in [2.75, 3.05) is 44.4 Å². The minimum Gasteiger partial charge on any atom is -0.493 e. The number of carbonyl (C=O) groups excluding carboxylic acids is 3. The Morgan fingerprint density at radius 3 is 2.22 bits per heavy atom. The van der Waals surface area contributed by atoms with E-state index in [4.69, 9.17) is 25.8 Å². The molecule has 0 bridgehead atoms. The number of ether oxygens (including phenoxy) is 3. The van der Waals surface area contributed by atoms with Crippen LogP contribution in [-0.4, -0.2) is 67.5 Å². The van der Waals surface area contributed by atoms with E-state index in [9.17, 15) is 18.8 Å². The van der Waals surface area contributed by atoms with E-state index in [1.807, 2.05) is 0 Å². The van der Waals surface area contributed by atoms with Crippen LogP contribution in [0.3, 0.4) is 0 Å². The van der Waals surface area contributed by atoms with Gasteiger partial charge in [-0.15, -0.1) is 0 Å². The standard InChI is InChI=1S/C35H34ClF2N5O6/c1-39-32(44)19-43-13-8-22(9-14-43)48-31-18-27-23(17-30(31)47-2)28(7-12-40-27)49-29-6-4-21(16-26(29)38)42-34(46)35(10-11-35)33(45)41-20-3-5-25(37)24(36)15-20/h3-7,12,15-18,22H,8-11,13-14,19H2,1-2H3,(H,39,44)(H,41,45)(H,42,46). The summed E-state index contributed by atoms with van der Waals surface area (Å²) < 4.78 is 46.7. The van der Waals surface area contributed by atoms with E-state index >= 15 is 4.39 Å². The third-order valence-electron chi connectivity index (χ3n) is 8.67. The highest BCUT2D eigenvalue weighted by molar-refractivity contribution is 6.31. The Labute approximate surface area is 285 Å². The summed E-state index contributed by atoms with van der Waals surface area (Å²) in [7, 11) is 3.15. The van der Waals surface area contributed by atoms with Crippen LogP contribution in [0.2, 0.25) is 5.02 Å². The van der Waals surface area contributed by atoms with Crippen molar-refractivity contribution < 1.29 is 37.4 Å². The van der Waals surface area contributed by atoms with E-state index in [0.29, 0.717) is 47.5 Å². The number of pyridine rings is 1. The zero-order valence-corrected chi connectivity index (χ0v) is 27.5. The number of carbonyl (C=O) groups is 3. The van der Waals surface area contributed by atoms with Crippen molar-refractivity contribution in [3.63, 3.8) is 0 Å². The highest BCUT2D eigenvalue weighted by atomic mass is 35.5. The van der Waals surface area contributed by atoms with Crippen LogP contribution < -0.4 is 30.2 Å². The van der Waals surface area contributed by atoms with Gasteiger partial charge in [0.2, 0.25) is 17.7 Å². The Morgan fingerprint density at radius 1 is 0.898 bits per heavy atom. The second kappa shape index (κ2) is 14.2. The number of nitrogens with one attached hydrogen (secondary N) is 3. The number of likely N-dealkylation sites (N-methyl/N-ethyl adjacent to an activating group) is 1. The minimum atomic E-state index is -1.34. The third kappa shape index (κ3) is 7.52. The predicted molar refractivity (Wildman–Crippen MR) is 179 cm³/mol. The van der Waals surface area contributed by atoms with Gasteiger partial charge in [0, 0.05) is 55.2 Å². The number of nitrogens with zero attached hydrogens (tertiary/aromatic N) is 2. The molecule has 4 aromatic rings. The molecule has 3 N–H and O–H groups in total. The highest BCUT2D eigenvalue weighted by Gasteiger charge is 2.56. The number of fused-ring (bicyclic) bond motifs is 1. The number of likely N-dealkylation sites (tertiary alicyclic amines) is 1. The summed E-state index contributed by atoms with van der Waals surface area (Å²) in [6.45, 7) is 1.80. The van der Waals surface area contributed by atoms with Crippen molar-refractivity contribution in [1.82, 2.24) is 15.2 Å². The van der Waals surface area contributed by atoms with Gasteiger partial charge in [-0.3, -0.25) is 24.3 Å². The summed E-state index contributed by atoms with van der Waals surface area (Å²) in [5.41, 5.74) is -0.398. The Bertz CT molecular complexity index is 1920. The molecule has 49 heavy (non-hydrogen) atoms. The van der Waals surface area contributed by atoms with E-state index in [2.05, 4.69) is 25.8 Å². The van der Waals surface area contributed by atoms with Crippen molar-refractivity contribution in [3.05, 3.63) is 77.5 Å². The average Bonchev–Trinajstić information content (AvgIpc) is 3.91. The molecule has 0 unspecified atom stereocenters. The molecule has 6 rings (SSSR count). The van der Waals surface area contributed by atoms with Gasteiger partial charge >= 0.3 is 0 Å². The molecule has 1 aliphatic heterocycles. The molecule has 1 aromatic heterocycles. The molecular weight excluding hydrogens is 660 g/mol. The first kappa shape index (κ1) is 33.9. The van der Waals surface area contributed by atoms with Gasteiger partial charge in [0.05, 0.1) is 24.2 Å². The van der Waals surface area contributed by atoms with Crippen LogP contribution in [0.1, 0.15) is 25.7 Å². The van der Waals surface area contributed by atoms with Gasteiger partial charge in [0.25, 0.3) is 0 Å². The maximum absolute atomic E-state index is 15.3. The number of anilines is 2. The number of amides is 3. The molecule has 2 aliphatic rings. The van der Waals surface area contributed by atoms with E-state index in [1.165, 1.54) is 37.6 Å². The second-order valence-corrected chi connectivity index (χ2v) is 12.4. The first-order chi connectivity index (χ1) is 23.6. The molecule has 14 heteroatoms. The quantitative estimate of drug-likeness (QED) is 0.165. The van der Waals surface area contributed by atoms with E-state index in [0.717, 1.165) is 38.1 Å². The Kier molecular flexibility index (Phi) is 9.84. The van der Waals surface area contributed by atoms with Crippen molar-refractivity contribution in [2.24, 2.45) is 5.41 Å². The molecule has 0 atom stereocenters. The lowest BCUT2D eigenvalue weighted by Gasteiger charge is -2.31. The minimum absolute atomic E-state index is 0.0258. The van der Waals surface area contributed by atoms with Crippen LogP contribution >= 0.6 is 11.6 Å². The van der Waals surface area contributed by atoms with E-state index in [1.54, 1.807) is 25.2 Å². The summed E-state index contributed by atoms with van der Waals surface area (Å²) >= 11 is 5.80. The van der Waals surface area contributed by atoms with Crippen LogP contribution in [0.15, 0.2) is 60.8 Å². The molecule has 2 fully saturated rings. The summed E-state index contributed by atoms with van der Waals surface area (Å²) in [5.74, 6) is -1.36. The summed E-state index contributed by atoms with van der Waals surface area (Å²) in [4.78, 5) is 44.3. The number of benzene rings is 3. The molecule has 1 aliphatic carbocycles. The van der Waals surface area contributed by atoms with Gasteiger partial charge in [-0.05, 0) is 68.1 Å². The Hall–Kier alpha value is -5.01. The number of halogens is 3. The fraction of sp³-hybridized carbons (Fsp3) is 0.314. The first-order valence-corrected chi connectivity index (χ1v) is 16.1. The monoisotopic (exact) mass is 693 g/mol. The average molecular weight is 694 g/mol. The van der Waals surface area contributed by atoms with Gasteiger partial charge in [0.1, 0.15) is 23.1 Å². The van der Waals surface area contributed by atoms with Crippen LogP contribution in [0.25, 0.3) is 10.9 Å². The van der Waals surface area contributed by atoms with Gasteiger partial charge < -0.3 is 30.2 Å². The summed E-state index contributed by atoms with van der Waals surface area (Å²) in [6, 6.07) is 12.8. The molecule has 1 saturated carbocycles. The fourth-order valence-electron chi connectivity index (χ4n) is 5.65. The van der Waals surface area contributed by atoms with Crippen LogP contribution in [-0.2, 0) is 14.4 Å². The Morgan fingerprint density at radius 2 is 1.59 bits per heavy atom. The zero-order chi connectivity index (χ0) is 34.7. The van der Waals surface area contributed by atoms with Crippen LogP contribution in [0, 0.1) is 17.0 Å². The van der Waals surface area contributed by atoms with Crippen molar-refractivity contribution in [1.29, 1.82) is 0 Å². The molecule has 3 aromatic carbocycles. The molecule has 0 radical (unpaired) electrons. The number of methoxy groups -OCH3 is 1. The first-order valence-electron chi connectivity index (χ1n) is 15.7. The molecule has 11 nitrogen and oxygen atoms in total. The summed E-state index contributed by atoms with van der Waals surface area (Å²) in [5, 5.41) is 8.26. The maximum atomic E-state index is 15.3. The predicted octanol–water partition coefficient (Wildman–Crippen LogP) is 5.91. The topological polar surface area (TPSA) is 131 Å². The lowest BCUT2D eigenvalue weighted by Crippen LogP contribution is -2.43. The third-order valence-corrected chi connectivity index (χ3v) is 8.96. The number of piperidine rings is 1. The second-order valence-electron chi connectivity index (χ2n) is 12.0. The SMILES string of the molecule is CNC(=O)CN1CCC(Oc2cc3nccc(Oc4ccc(NC(=O)C5(C(=O)Nc6ccc(F)c(Cl)c6)CC5)cc4F)c3cc2OC)CC1. The zero-order valence-electron chi connectivity index (χ0n) is 26.8. The van der Waals surface area contributed by atoms with Gasteiger partial charge in [-0.1, -0.05) is 11.6 Å². The maximum Gasteiger partial charge on any atom is 0.240 e. The Balaban J connectivity index is 1.12. The largest absolute Gasteiger partial charge is 0.493 e. The van der Waals surface area contributed by atoms with Crippen molar-refractivity contribution in [2.45, 2.75) is 31.8 Å².